The number of ether oxygens (including phenoxy) is 1. The molecule has 0 radical (unpaired) electrons. The van der Waals surface area contributed by atoms with Crippen molar-refractivity contribution in [1.29, 1.82) is 0 Å². The van der Waals surface area contributed by atoms with Crippen molar-refractivity contribution in [3.8, 4) is 5.75 Å². The van der Waals surface area contributed by atoms with Crippen LogP contribution in [0.4, 0.5) is 0 Å². The number of fused-ring (bicyclic) bond motifs is 1. The number of hydrogen-bond acceptors (Lipinski definition) is 3. The average Bonchev–Trinajstić information content (AvgIpc) is 2.46. The van der Waals surface area contributed by atoms with Crippen LogP contribution in [0.3, 0.4) is 0 Å². The molecule has 4 heteroatoms. The molecule has 0 spiro atoms. The standard InChI is InChI=1S/C11H14ClNO2/c1-6-4-8-10(13-14-3)7(2)15-11(8)9(12)5-6/h4-5,7,10,13H,1-3H3. The minimum Gasteiger partial charge on any atom is -0.487 e. The van der Waals surface area contributed by atoms with E-state index in [-0.39, 0.29) is 12.1 Å². The van der Waals surface area contributed by atoms with Gasteiger partial charge in [0.25, 0.3) is 0 Å². The third-order valence-electron chi connectivity index (χ3n) is 2.57. The maximum Gasteiger partial charge on any atom is 0.143 e. The maximum absolute atomic E-state index is 6.11. The van der Waals surface area contributed by atoms with E-state index in [1.807, 2.05) is 19.9 Å². The second-order valence-electron chi connectivity index (χ2n) is 3.79. The second kappa shape index (κ2) is 4.00. The Hall–Kier alpha value is -0.770. The second-order valence-corrected chi connectivity index (χ2v) is 4.19. The van der Waals surface area contributed by atoms with Crippen molar-refractivity contribution in [2.45, 2.75) is 26.0 Å². The summed E-state index contributed by atoms with van der Waals surface area (Å²) in [4.78, 5) is 4.96. The van der Waals surface area contributed by atoms with Gasteiger partial charge in [-0.2, -0.15) is 5.48 Å². The van der Waals surface area contributed by atoms with Gasteiger partial charge in [0, 0.05) is 5.56 Å². The lowest BCUT2D eigenvalue weighted by molar-refractivity contribution is 0.0339. The molecule has 0 saturated heterocycles. The highest BCUT2D eigenvalue weighted by Crippen LogP contribution is 2.42. The van der Waals surface area contributed by atoms with Crippen LogP contribution in [0.25, 0.3) is 0 Å². The summed E-state index contributed by atoms with van der Waals surface area (Å²) in [6.45, 7) is 4.00. The molecule has 2 rings (SSSR count). The van der Waals surface area contributed by atoms with Gasteiger partial charge in [-0.15, -0.1) is 0 Å². The van der Waals surface area contributed by atoms with Crippen molar-refractivity contribution in [2.75, 3.05) is 7.11 Å². The first-order chi connectivity index (χ1) is 7.13. The van der Waals surface area contributed by atoms with E-state index < -0.39 is 0 Å². The minimum atomic E-state index is 0.0271. The van der Waals surface area contributed by atoms with Gasteiger partial charge in [0.2, 0.25) is 0 Å². The fourth-order valence-electron chi connectivity index (χ4n) is 1.90. The highest BCUT2D eigenvalue weighted by atomic mass is 35.5. The average molecular weight is 228 g/mol. The maximum atomic E-state index is 6.11. The lowest BCUT2D eigenvalue weighted by atomic mass is 10.0. The molecule has 2 unspecified atom stereocenters. The Kier molecular flexibility index (Phi) is 2.87. The summed E-state index contributed by atoms with van der Waals surface area (Å²) < 4.78 is 5.68. The van der Waals surface area contributed by atoms with Gasteiger partial charge in [-0.1, -0.05) is 17.7 Å². The summed E-state index contributed by atoms with van der Waals surface area (Å²) in [6.07, 6.45) is 0.0271. The van der Waals surface area contributed by atoms with Crippen LogP contribution in [-0.4, -0.2) is 13.2 Å². The Balaban J connectivity index is 2.43. The molecule has 0 bridgehead atoms. The number of benzene rings is 1. The molecule has 0 amide bonds. The van der Waals surface area contributed by atoms with Gasteiger partial charge in [0.05, 0.1) is 18.2 Å². The van der Waals surface area contributed by atoms with E-state index in [1.165, 1.54) is 0 Å². The molecule has 0 saturated carbocycles. The zero-order valence-corrected chi connectivity index (χ0v) is 9.76. The fraction of sp³-hybridized carbons (Fsp3) is 0.455. The van der Waals surface area contributed by atoms with E-state index in [0.717, 1.165) is 16.9 Å². The lowest BCUT2D eigenvalue weighted by Gasteiger charge is -2.14. The van der Waals surface area contributed by atoms with Crippen LogP contribution in [-0.2, 0) is 4.84 Å². The van der Waals surface area contributed by atoms with Crippen LogP contribution in [0.15, 0.2) is 12.1 Å². The first kappa shape index (κ1) is 10.7. The van der Waals surface area contributed by atoms with Gasteiger partial charge < -0.3 is 9.57 Å². The summed E-state index contributed by atoms with van der Waals surface area (Å²) in [5, 5.41) is 0.664. The molecule has 0 aromatic heterocycles. The largest absolute Gasteiger partial charge is 0.487 e. The molecular formula is C11H14ClNO2. The van der Waals surface area contributed by atoms with E-state index >= 15 is 0 Å². The lowest BCUT2D eigenvalue weighted by Crippen LogP contribution is -2.27. The number of rotatable bonds is 2. The van der Waals surface area contributed by atoms with Gasteiger partial charge in [-0.25, -0.2) is 0 Å². The number of hydrogen-bond donors (Lipinski definition) is 1. The monoisotopic (exact) mass is 227 g/mol. The van der Waals surface area contributed by atoms with Crippen LogP contribution in [0.1, 0.15) is 24.1 Å². The van der Waals surface area contributed by atoms with Crippen molar-refractivity contribution in [3.63, 3.8) is 0 Å². The number of hydroxylamine groups is 1. The Morgan fingerprint density at radius 1 is 1.47 bits per heavy atom. The third-order valence-corrected chi connectivity index (χ3v) is 2.85. The molecule has 1 aromatic carbocycles. The quantitative estimate of drug-likeness (QED) is 0.788. The number of nitrogens with one attached hydrogen (secondary N) is 1. The molecule has 0 aliphatic carbocycles. The van der Waals surface area contributed by atoms with Gasteiger partial charge in [-0.3, -0.25) is 0 Å². The van der Waals surface area contributed by atoms with Crippen LogP contribution in [0.5, 0.6) is 5.75 Å². The van der Waals surface area contributed by atoms with E-state index in [4.69, 9.17) is 21.2 Å². The van der Waals surface area contributed by atoms with Crippen molar-refractivity contribution in [2.24, 2.45) is 0 Å². The topological polar surface area (TPSA) is 30.5 Å². The van der Waals surface area contributed by atoms with Gasteiger partial charge in [0.1, 0.15) is 11.9 Å². The fourth-order valence-corrected chi connectivity index (χ4v) is 2.23. The molecule has 15 heavy (non-hydrogen) atoms. The van der Waals surface area contributed by atoms with Crippen LogP contribution >= 0.6 is 11.6 Å². The smallest absolute Gasteiger partial charge is 0.143 e. The normalized spacial score (nSPS) is 23.7. The van der Waals surface area contributed by atoms with Crippen molar-refractivity contribution in [1.82, 2.24) is 5.48 Å². The Morgan fingerprint density at radius 2 is 2.20 bits per heavy atom. The first-order valence-corrected chi connectivity index (χ1v) is 5.26. The van der Waals surface area contributed by atoms with Gasteiger partial charge in [0.15, 0.2) is 0 Å². The minimum absolute atomic E-state index is 0.0271. The van der Waals surface area contributed by atoms with Crippen molar-refractivity contribution in [3.05, 3.63) is 28.3 Å². The molecule has 0 fully saturated rings. The molecule has 1 aliphatic rings. The van der Waals surface area contributed by atoms with Crippen molar-refractivity contribution >= 4 is 11.6 Å². The first-order valence-electron chi connectivity index (χ1n) is 4.88. The molecular weight excluding hydrogens is 214 g/mol. The number of aryl methyl sites for hydroxylation is 1. The van der Waals surface area contributed by atoms with Crippen LogP contribution < -0.4 is 10.2 Å². The third kappa shape index (κ3) is 1.83. The number of halogens is 1. The van der Waals surface area contributed by atoms with E-state index in [1.54, 1.807) is 7.11 Å². The summed E-state index contributed by atoms with van der Waals surface area (Å²) in [5.41, 5.74) is 5.11. The van der Waals surface area contributed by atoms with E-state index in [9.17, 15) is 0 Å². The highest BCUT2D eigenvalue weighted by Gasteiger charge is 2.33. The molecule has 1 heterocycles. The zero-order valence-electron chi connectivity index (χ0n) is 9.00. The zero-order chi connectivity index (χ0) is 11.0. The molecule has 1 aromatic rings. The van der Waals surface area contributed by atoms with Crippen LogP contribution in [0.2, 0.25) is 5.02 Å². The molecule has 3 nitrogen and oxygen atoms in total. The van der Waals surface area contributed by atoms with Gasteiger partial charge >= 0.3 is 0 Å². The van der Waals surface area contributed by atoms with E-state index in [2.05, 4.69) is 11.5 Å². The Bertz CT molecular complexity index is 381. The predicted octanol–water partition coefficient (Wildman–Crippen LogP) is 2.62. The Morgan fingerprint density at radius 3 is 2.87 bits per heavy atom. The molecule has 1 aliphatic heterocycles. The van der Waals surface area contributed by atoms with E-state index in [0.29, 0.717) is 5.02 Å². The predicted molar refractivity (Wildman–Crippen MR) is 59.2 cm³/mol. The van der Waals surface area contributed by atoms with Gasteiger partial charge in [-0.05, 0) is 25.5 Å². The van der Waals surface area contributed by atoms with Crippen LogP contribution in [0, 0.1) is 6.92 Å². The van der Waals surface area contributed by atoms with Crippen molar-refractivity contribution < 1.29 is 9.57 Å². The highest BCUT2D eigenvalue weighted by molar-refractivity contribution is 6.32. The SMILES string of the molecule is CONC1c2cc(C)cc(Cl)c2OC1C. The summed E-state index contributed by atoms with van der Waals surface area (Å²) >= 11 is 6.11. The Labute approximate surface area is 94.3 Å². The molecule has 2 atom stereocenters. The molecule has 82 valence electrons. The summed E-state index contributed by atoms with van der Waals surface area (Å²) in [6, 6.07) is 4.02. The summed E-state index contributed by atoms with van der Waals surface area (Å²) in [7, 11) is 1.60. The molecule has 1 N–H and O–H groups in total. The summed E-state index contributed by atoms with van der Waals surface area (Å²) in [5.74, 6) is 0.768.